The lowest BCUT2D eigenvalue weighted by molar-refractivity contribution is 0.896. The normalized spacial score (nSPS) is 10.9. The van der Waals surface area contributed by atoms with Crippen molar-refractivity contribution in [2.45, 2.75) is 19.8 Å². The van der Waals surface area contributed by atoms with Crippen LogP contribution in [0.15, 0.2) is 24.3 Å². The number of hydrogen-bond donors (Lipinski definition) is 1. The molecule has 0 saturated heterocycles. The highest BCUT2D eigenvalue weighted by Crippen LogP contribution is 2.20. The molecular weight excluding hydrogens is 182 g/mol. The Labute approximate surface area is 82.7 Å². The summed E-state index contributed by atoms with van der Waals surface area (Å²) in [5.41, 5.74) is 2.47. The summed E-state index contributed by atoms with van der Waals surface area (Å²) in [5.74, 6) is 0. The maximum atomic E-state index is 5.89. The van der Waals surface area contributed by atoms with Gasteiger partial charge in [0.1, 0.15) is 0 Å². The van der Waals surface area contributed by atoms with Gasteiger partial charge in [0.2, 0.25) is 0 Å². The second kappa shape index (κ2) is 3.43. The van der Waals surface area contributed by atoms with Gasteiger partial charge in [-0.05, 0) is 30.7 Å². The van der Waals surface area contributed by atoms with Crippen LogP contribution in [-0.4, -0.2) is 4.98 Å². The average molecular weight is 194 g/mol. The van der Waals surface area contributed by atoms with E-state index in [0.717, 1.165) is 11.4 Å². The predicted octanol–water partition coefficient (Wildman–Crippen LogP) is 3.77. The van der Waals surface area contributed by atoms with E-state index in [1.54, 1.807) is 0 Å². The Morgan fingerprint density at radius 1 is 1.31 bits per heavy atom. The van der Waals surface area contributed by atoms with Crippen molar-refractivity contribution in [1.82, 2.24) is 4.98 Å². The molecule has 0 aliphatic heterocycles. The third kappa shape index (κ3) is 1.70. The molecule has 68 valence electrons. The van der Waals surface area contributed by atoms with Crippen LogP contribution in [0, 0.1) is 0 Å². The number of aromatic nitrogens is 1. The zero-order valence-electron chi connectivity index (χ0n) is 7.60. The Bertz CT molecular complexity index is 417. The summed E-state index contributed by atoms with van der Waals surface area (Å²) in [6.45, 7) is 2.18. The summed E-state index contributed by atoms with van der Waals surface area (Å²) in [4.78, 5) is 3.37. The number of fused-ring (bicyclic) bond motifs is 1. The Kier molecular flexibility index (Phi) is 2.28. The van der Waals surface area contributed by atoms with Crippen LogP contribution in [0.5, 0.6) is 0 Å². The molecule has 2 rings (SSSR count). The van der Waals surface area contributed by atoms with Crippen molar-refractivity contribution in [3.8, 4) is 0 Å². The maximum absolute atomic E-state index is 5.89. The van der Waals surface area contributed by atoms with Crippen molar-refractivity contribution in [3.63, 3.8) is 0 Å². The Morgan fingerprint density at radius 3 is 2.92 bits per heavy atom. The number of H-pyrrole nitrogens is 1. The molecule has 0 atom stereocenters. The largest absolute Gasteiger partial charge is 0.358 e. The summed E-state index contributed by atoms with van der Waals surface area (Å²) < 4.78 is 0. The van der Waals surface area contributed by atoms with Gasteiger partial charge >= 0.3 is 0 Å². The first kappa shape index (κ1) is 8.64. The molecule has 1 nitrogen and oxygen atoms in total. The Balaban J connectivity index is 2.49. The first-order valence-electron chi connectivity index (χ1n) is 4.57. The van der Waals surface area contributed by atoms with Gasteiger partial charge in [0, 0.05) is 21.6 Å². The second-order valence-electron chi connectivity index (χ2n) is 3.28. The molecule has 0 radical (unpaired) electrons. The Morgan fingerprint density at radius 2 is 2.15 bits per heavy atom. The van der Waals surface area contributed by atoms with Gasteiger partial charge in [-0.3, -0.25) is 0 Å². The van der Waals surface area contributed by atoms with Gasteiger partial charge in [0.05, 0.1) is 0 Å². The quantitative estimate of drug-likeness (QED) is 0.748. The average Bonchev–Trinajstić information content (AvgIpc) is 2.46. The fourth-order valence-corrected chi connectivity index (χ4v) is 1.75. The molecule has 1 aromatic carbocycles. The van der Waals surface area contributed by atoms with Crippen molar-refractivity contribution >= 4 is 22.5 Å². The van der Waals surface area contributed by atoms with E-state index in [1.807, 2.05) is 18.2 Å². The van der Waals surface area contributed by atoms with Crippen molar-refractivity contribution in [2.24, 2.45) is 0 Å². The number of hydrogen-bond acceptors (Lipinski definition) is 0. The summed E-state index contributed by atoms with van der Waals surface area (Å²) in [5, 5.41) is 2.01. The van der Waals surface area contributed by atoms with Crippen LogP contribution in [0.4, 0.5) is 0 Å². The van der Waals surface area contributed by atoms with Gasteiger partial charge in [-0.2, -0.15) is 0 Å². The van der Waals surface area contributed by atoms with Crippen LogP contribution < -0.4 is 0 Å². The van der Waals surface area contributed by atoms with E-state index in [9.17, 15) is 0 Å². The van der Waals surface area contributed by atoms with E-state index < -0.39 is 0 Å². The van der Waals surface area contributed by atoms with E-state index in [2.05, 4.69) is 18.0 Å². The fraction of sp³-hybridized carbons (Fsp3) is 0.273. The lowest BCUT2D eigenvalue weighted by Gasteiger charge is -1.89. The molecule has 0 spiro atoms. The molecule has 0 saturated carbocycles. The highest BCUT2D eigenvalue weighted by atomic mass is 35.5. The smallest absolute Gasteiger partial charge is 0.0457 e. The van der Waals surface area contributed by atoms with Crippen LogP contribution in [0.25, 0.3) is 10.9 Å². The van der Waals surface area contributed by atoms with Crippen LogP contribution in [0.3, 0.4) is 0 Å². The van der Waals surface area contributed by atoms with Crippen molar-refractivity contribution in [1.29, 1.82) is 0 Å². The summed E-state index contributed by atoms with van der Waals surface area (Å²) in [6, 6.07) is 8.10. The molecule has 0 fully saturated rings. The molecule has 0 bridgehead atoms. The summed E-state index contributed by atoms with van der Waals surface area (Å²) in [7, 11) is 0. The van der Waals surface area contributed by atoms with Crippen molar-refractivity contribution < 1.29 is 0 Å². The molecule has 0 aliphatic rings. The minimum absolute atomic E-state index is 0.801. The zero-order valence-corrected chi connectivity index (χ0v) is 8.36. The van der Waals surface area contributed by atoms with E-state index in [4.69, 9.17) is 11.6 Å². The molecular formula is C11H12ClN. The monoisotopic (exact) mass is 193 g/mol. The number of rotatable bonds is 2. The van der Waals surface area contributed by atoms with E-state index >= 15 is 0 Å². The number of nitrogens with one attached hydrogen (secondary N) is 1. The topological polar surface area (TPSA) is 15.8 Å². The number of aryl methyl sites for hydroxylation is 1. The second-order valence-corrected chi connectivity index (χ2v) is 3.71. The number of aromatic amines is 1. The molecule has 0 aliphatic carbocycles. The van der Waals surface area contributed by atoms with E-state index in [0.29, 0.717) is 0 Å². The number of halogens is 1. The first-order valence-corrected chi connectivity index (χ1v) is 4.94. The van der Waals surface area contributed by atoms with Gasteiger partial charge in [-0.25, -0.2) is 0 Å². The molecule has 13 heavy (non-hydrogen) atoms. The van der Waals surface area contributed by atoms with Gasteiger partial charge in [0.15, 0.2) is 0 Å². The zero-order chi connectivity index (χ0) is 9.26. The minimum atomic E-state index is 0.801. The van der Waals surface area contributed by atoms with Gasteiger partial charge < -0.3 is 4.98 Å². The predicted molar refractivity (Wildman–Crippen MR) is 57.3 cm³/mol. The fourth-order valence-electron chi connectivity index (χ4n) is 1.57. The van der Waals surface area contributed by atoms with Crippen LogP contribution >= 0.6 is 11.6 Å². The molecule has 0 amide bonds. The van der Waals surface area contributed by atoms with Crippen LogP contribution in [0.1, 0.15) is 19.0 Å². The maximum Gasteiger partial charge on any atom is 0.0457 e. The summed E-state index contributed by atoms with van der Waals surface area (Å²) in [6.07, 6.45) is 2.27. The molecule has 0 unspecified atom stereocenters. The van der Waals surface area contributed by atoms with Gasteiger partial charge in [0.25, 0.3) is 0 Å². The standard InChI is InChI=1S/C11H12ClN/c1-2-3-10-7-8-6-9(12)4-5-11(8)13-10/h4-7,13H,2-3H2,1H3. The lowest BCUT2D eigenvalue weighted by atomic mass is 10.2. The molecule has 2 heteroatoms. The molecule has 2 aromatic rings. The molecule has 1 aromatic heterocycles. The van der Waals surface area contributed by atoms with Crippen LogP contribution in [0.2, 0.25) is 5.02 Å². The van der Waals surface area contributed by atoms with Crippen LogP contribution in [-0.2, 0) is 6.42 Å². The van der Waals surface area contributed by atoms with Gasteiger partial charge in [-0.15, -0.1) is 0 Å². The Hall–Kier alpha value is -0.950. The SMILES string of the molecule is CCCc1cc2cc(Cl)ccc2[nH]1. The van der Waals surface area contributed by atoms with E-state index in [1.165, 1.54) is 23.0 Å². The van der Waals surface area contributed by atoms with Crippen molar-refractivity contribution in [2.75, 3.05) is 0 Å². The molecule has 1 N–H and O–H groups in total. The number of benzene rings is 1. The summed E-state index contributed by atoms with van der Waals surface area (Å²) >= 11 is 5.89. The highest BCUT2D eigenvalue weighted by molar-refractivity contribution is 6.31. The third-order valence-corrected chi connectivity index (χ3v) is 2.39. The van der Waals surface area contributed by atoms with E-state index in [-0.39, 0.29) is 0 Å². The highest BCUT2D eigenvalue weighted by Gasteiger charge is 1.99. The van der Waals surface area contributed by atoms with Crippen molar-refractivity contribution in [3.05, 3.63) is 35.0 Å². The minimum Gasteiger partial charge on any atom is -0.358 e. The molecule has 1 heterocycles. The van der Waals surface area contributed by atoms with Gasteiger partial charge in [-0.1, -0.05) is 24.9 Å². The lowest BCUT2D eigenvalue weighted by Crippen LogP contribution is -1.79. The first-order chi connectivity index (χ1) is 6.29. The third-order valence-electron chi connectivity index (χ3n) is 2.16.